The second-order valence-electron chi connectivity index (χ2n) is 5.35. The highest BCUT2D eigenvalue weighted by atomic mass is 19.4. The standard InChI is InChI=1S/C15H16F3N3O/c16-15(17,18)10-22-14-5-2-1-4-13(14)20-11-8-12(9-11)21-7-3-6-19-21/h1-7,11-12,20H,8-10H2. The van der Waals surface area contributed by atoms with Gasteiger partial charge in [0.05, 0.1) is 11.7 Å². The molecular weight excluding hydrogens is 295 g/mol. The van der Waals surface area contributed by atoms with Crippen LogP contribution in [0.25, 0.3) is 0 Å². The number of alkyl halides is 3. The predicted octanol–water partition coefficient (Wildman–Crippen LogP) is 3.64. The van der Waals surface area contributed by atoms with Crippen molar-refractivity contribution in [1.82, 2.24) is 9.78 Å². The second kappa shape index (κ2) is 5.90. The molecule has 7 heteroatoms. The van der Waals surface area contributed by atoms with Gasteiger partial charge in [-0.1, -0.05) is 12.1 Å². The summed E-state index contributed by atoms with van der Waals surface area (Å²) in [6.07, 6.45) is 1.08. The summed E-state index contributed by atoms with van der Waals surface area (Å²) in [6.45, 7) is -1.29. The van der Waals surface area contributed by atoms with Crippen molar-refractivity contribution >= 4 is 5.69 Å². The lowest BCUT2D eigenvalue weighted by Crippen LogP contribution is -2.37. The van der Waals surface area contributed by atoms with E-state index in [0.717, 1.165) is 12.8 Å². The topological polar surface area (TPSA) is 39.1 Å². The van der Waals surface area contributed by atoms with E-state index in [2.05, 4.69) is 10.4 Å². The first-order valence-corrected chi connectivity index (χ1v) is 7.05. The van der Waals surface area contributed by atoms with E-state index in [1.54, 1.807) is 24.4 Å². The third-order valence-electron chi connectivity index (χ3n) is 3.65. The van der Waals surface area contributed by atoms with Crippen LogP contribution in [0, 0.1) is 0 Å². The molecule has 1 N–H and O–H groups in total. The molecule has 1 heterocycles. The van der Waals surface area contributed by atoms with Gasteiger partial charge in [-0.2, -0.15) is 18.3 Å². The molecule has 1 aromatic heterocycles. The zero-order valence-electron chi connectivity index (χ0n) is 11.8. The SMILES string of the molecule is FC(F)(F)COc1ccccc1NC1CC(n2cccn2)C1. The van der Waals surface area contributed by atoms with Crippen LogP contribution < -0.4 is 10.1 Å². The molecule has 3 rings (SSSR count). The highest BCUT2D eigenvalue weighted by molar-refractivity contribution is 5.57. The van der Waals surface area contributed by atoms with Gasteiger partial charge in [-0.25, -0.2) is 0 Å². The number of anilines is 1. The molecule has 1 aromatic carbocycles. The van der Waals surface area contributed by atoms with Gasteiger partial charge in [0.15, 0.2) is 6.61 Å². The Labute approximate surface area is 125 Å². The van der Waals surface area contributed by atoms with Crippen molar-refractivity contribution in [2.75, 3.05) is 11.9 Å². The van der Waals surface area contributed by atoms with E-state index in [4.69, 9.17) is 4.74 Å². The molecule has 1 fully saturated rings. The van der Waals surface area contributed by atoms with Crippen LogP contribution in [0.15, 0.2) is 42.7 Å². The van der Waals surface area contributed by atoms with Crippen molar-refractivity contribution < 1.29 is 17.9 Å². The molecule has 1 aliphatic carbocycles. The number of nitrogens with zero attached hydrogens (tertiary/aromatic N) is 2. The number of para-hydroxylation sites is 2. The molecule has 0 amide bonds. The third-order valence-corrected chi connectivity index (χ3v) is 3.65. The maximum Gasteiger partial charge on any atom is 0.422 e. The van der Waals surface area contributed by atoms with Crippen molar-refractivity contribution in [3.63, 3.8) is 0 Å². The average Bonchev–Trinajstić information content (AvgIpc) is 2.94. The molecule has 0 saturated heterocycles. The number of benzene rings is 1. The van der Waals surface area contributed by atoms with Crippen LogP contribution >= 0.6 is 0 Å². The first kappa shape index (κ1) is 14.7. The van der Waals surface area contributed by atoms with Gasteiger partial charge >= 0.3 is 6.18 Å². The fourth-order valence-corrected chi connectivity index (χ4v) is 2.51. The molecule has 1 aliphatic rings. The minimum atomic E-state index is -4.34. The number of hydrogen-bond acceptors (Lipinski definition) is 3. The van der Waals surface area contributed by atoms with Crippen LogP contribution in [0.1, 0.15) is 18.9 Å². The Balaban J connectivity index is 1.57. The normalized spacial score (nSPS) is 21.2. The van der Waals surface area contributed by atoms with Gasteiger partial charge in [0, 0.05) is 18.4 Å². The molecule has 4 nitrogen and oxygen atoms in total. The molecule has 0 bridgehead atoms. The third kappa shape index (κ3) is 3.52. The molecule has 0 aliphatic heterocycles. The van der Waals surface area contributed by atoms with Crippen molar-refractivity contribution in [2.45, 2.75) is 31.1 Å². The first-order valence-electron chi connectivity index (χ1n) is 7.05. The Hall–Kier alpha value is -2.18. The zero-order valence-corrected chi connectivity index (χ0v) is 11.8. The zero-order chi connectivity index (χ0) is 15.6. The summed E-state index contributed by atoms with van der Waals surface area (Å²) >= 11 is 0. The van der Waals surface area contributed by atoms with Gasteiger partial charge in [-0.3, -0.25) is 4.68 Å². The van der Waals surface area contributed by atoms with E-state index >= 15 is 0 Å². The van der Waals surface area contributed by atoms with E-state index in [9.17, 15) is 13.2 Å². The van der Waals surface area contributed by atoms with E-state index in [1.165, 1.54) is 6.07 Å². The van der Waals surface area contributed by atoms with Crippen molar-refractivity contribution in [3.8, 4) is 5.75 Å². The Morgan fingerprint density at radius 1 is 1.23 bits per heavy atom. The Bertz CT molecular complexity index is 607. The summed E-state index contributed by atoms with van der Waals surface area (Å²) < 4.78 is 43.6. The van der Waals surface area contributed by atoms with E-state index in [0.29, 0.717) is 11.7 Å². The minimum absolute atomic E-state index is 0.213. The second-order valence-corrected chi connectivity index (χ2v) is 5.35. The van der Waals surface area contributed by atoms with Crippen LogP contribution in [0.2, 0.25) is 0 Å². The molecule has 0 spiro atoms. The lowest BCUT2D eigenvalue weighted by atomic mass is 9.86. The van der Waals surface area contributed by atoms with Gasteiger partial charge in [0.25, 0.3) is 0 Å². The van der Waals surface area contributed by atoms with Gasteiger partial charge in [-0.05, 0) is 31.0 Å². The Morgan fingerprint density at radius 3 is 2.68 bits per heavy atom. The summed E-state index contributed by atoms with van der Waals surface area (Å²) in [5, 5.41) is 7.43. The summed E-state index contributed by atoms with van der Waals surface area (Å²) in [5.74, 6) is 0.224. The number of nitrogens with one attached hydrogen (secondary N) is 1. The van der Waals surface area contributed by atoms with Crippen molar-refractivity contribution in [1.29, 1.82) is 0 Å². The van der Waals surface area contributed by atoms with Gasteiger partial charge < -0.3 is 10.1 Å². The molecular formula is C15H16F3N3O. The first-order chi connectivity index (χ1) is 10.5. The van der Waals surface area contributed by atoms with Crippen LogP contribution in [-0.2, 0) is 0 Å². The molecule has 118 valence electrons. The fraction of sp³-hybridized carbons (Fsp3) is 0.400. The summed E-state index contributed by atoms with van der Waals surface area (Å²) in [7, 11) is 0. The number of halogens is 3. The van der Waals surface area contributed by atoms with Gasteiger partial charge in [0.1, 0.15) is 5.75 Å². The van der Waals surface area contributed by atoms with Gasteiger partial charge in [-0.15, -0.1) is 0 Å². The number of rotatable bonds is 5. The van der Waals surface area contributed by atoms with E-state index < -0.39 is 12.8 Å². The molecule has 2 aromatic rings. The van der Waals surface area contributed by atoms with Crippen LogP contribution in [0.5, 0.6) is 5.75 Å². The molecule has 0 unspecified atom stereocenters. The lowest BCUT2D eigenvalue weighted by Gasteiger charge is -2.36. The monoisotopic (exact) mass is 311 g/mol. The van der Waals surface area contributed by atoms with Crippen LogP contribution in [-0.4, -0.2) is 28.6 Å². The number of ether oxygens (including phenoxy) is 1. The molecule has 0 atom stereocenters. The average molecular weight is 311 g/mol. The quantitative estimate of drug-likeness (QED) is 0.916. The van der Waals surface area contributed by atoms with E-state index in [-0.39, 0.29) is 11.8 Å². The van der Waals surface area contributed by atoms with Crippen molar-refractivity contribution in [3.05, 3.63) is 42.7 Å². The minimum Gasteiger partial charge on any atom is -0.482 e. The summed E-state index contributed by atoms with van der Waals surface area (Å²) in [5.41, 5.74) is 0.593. The number of hydrogen-bond donors (Lipinski definition) is 1. The van der Waals surface area contributed by atoms with Crippen LogP contribution in [0.4, 0.5) is 18.9 Å². The molecule has 0 radical (unpaired) electrons. The molecule has 22 heavy (non-hydrogen) atoms. The highest BCUT2D eigenvalue weighted by Gasteiger charge is 2.32. The lowest BCUT2D eigenvalue weighted by molar-refractivity contribution is -0.153. The van der Waals surface area contributed by atoms with E-state index in [1.807, 2.05) is 16.9 Å². The maximum atomic E-state index is 12.3. The largest absolute Gasteiger partial charge is 0.482 e. The Morgan fingerprint density at radius 2 is 2.00 bits per heavy atom. The maximum absolute atomic E-state index is 12.3. The predicted molar refractivity (Wildman–Crippen MR) is 75.9 cm³/mol. The molecule has 1 saturated carbocycles. The summed E-state index contributed by atoms with van der Waals surface area (Å²) in [6, 6.07) is 9.13. The smallest absolute Gasteiger partial charge is 0.422 e. The summed E-state index contributed by atoms with van der Waals surface area (Å²) in [4.78, 5) is 0. The van der Waals surface area contributed by atoms with Gasteiger partial charge in [0.2, 0.25) is 0 Å². The fourth-order valence-electron chi connectivity index (χ4n) is 2.51. The Kier molecular flexibility index (Phi) is 3.96. The highest BCUT2D eigenvalue weighted by Crippen LogP contribution is 2.36. The number of aromatic nitrogens is 2. The van der Waals surface area contributed by atoms with Crippen molar-refractivity contribution in [2.24, 2.45) is 0 Å². The van der Waals surface area contributed by atoms with Crippen LogP contribution in [0.3, 0.4) is 0 Å².